The number of rotatable bonds is 1. The standard InChI is InChI=1S/C10H9NO2.C3H6O2/c1-13-8-3-4-9-7(6-8)2-5-10(12)11-9;1-3(4)5-2/h2-6H,1H3,(H,11,12);1-2H3. The van der Waals surface area contributed by atoms with E-state index in [1.165, 1.54) is 20.1 Å². The normalized spacial score (nSPS) is 9.28. The highest BCUT2D eigenvalue weighted by atomic mass is 16.5. The number of carbonyl (C=O) groups excluding carboxylic acids is 1. The monoisotopic (exact) mass is 249 g/mol. The summed E-state index contributed by atoms with van der Waals surface area (Å²) in [4.78, 5) is 23.3. The minimum Gasteiger partial charge on any atom is -0.497 e. The van der Waals surface area contributed by atoms with Crippen molar-refractivity contribution in [3.05, 3.63) is 40.7 Å². The van der Waals surface area contributed by atoms with E-state index in [1.807, 2.05) is 18.2 Å². The molecule has 0 spiro atoms. The van der Waals surface area contributed by atoms with Crippen LogP contribution in [0.15, 0.2) is 35.1 Å². The van der Waals surface area contributed by atoms with Crippen molar-refractivity contribution >= 4 is 16.9 Å². The first-order valence-corrected chi connectivity index (χ1v) is 5.28. The summed E-state index contributed by atoms with van der Waals surface area (Å²) in [5.41, 5.74) is 0.742. The number of ether oxygens (including phenoxy) is 2. The number of aromatic nitrogens is 1. The first-order valence-electron chi connectivity index (χ1n) is 5.28. The minimum absolute atomic E-state index is 0.0855. The first-order chi connectivity index (χ1) is 8.56. The molecule has 18 heavy (non-hydrogen) atoms. The van der Waals surface area contributed by atoms with Crippen molar-refractivity contribution in [1.82, 2.24) is 4.98 Å². The molecule has 0 aliphatic rings. The average molecular weight is 249 g/mol. The van der Waals surface area contributed by atoms with Gasteiger partial charge in [-0.15, -0.1) is 0 Å². The van der Waals surface area contributed by atoms with Gasteiger partial charge in [0.25, 0.3) is 0 Å². The Morgan fingerprint density at radius 1 is 1.17 bits per heavy atom. The number of esters is 1. The van der Waals surface area contributed by atoms with E-state index in [0.29, 0.717) is 0 Å². The lowest BCUT2D eigenvalue weighted by Crippen LogP contribution is -2.01. The molecule has 1 aromatic heterocycles. The van der Waals surface area contributed by atoms with Gasteiger partial charge >= 0.3 is 5.97 Å². The highest BCUT2D eigenvalue weighted by molar-refractivity contribution is 5.79. The maximum absolute atomic E-state index is 11.0. The summed E-state index contributed by atoms with van der Waals surface area (Å²) < 4.78 is 9.17. The first kappa shape index (κ1) is 13.8. The van der Waals surface area contributed by atoms with Gasteiger partial charge in [-0.05, 0) is 24.3 Å². The van der Waals surface area contributed by atoms with Gasteiger partial charge in [-0.2, -0.15) is 0 Å². The second kappa shape index (κ2) is 6.44. The summed E-state index contributed by atoms with van der Waals surface area (Å²) in [6.45, 7) is 1.36. The van der Waals surface area contributed by atoms with Gasteiger partial charge in [0.1, 0.15) is 5.75 Å². The smallest absolute Gasteiger partial charge is 0.302 e. The molecule has 0 unspecified atom stereocenters. The molecule has 0 saturated carbocycles. The second-order valence-electron chi connectivity index (χ2n) is 3.47. The molecular formula is C13H15NO4. The number of hydrogen-bond donors (Lipinski definition) is 1. The van der Waals surface area contributed by atoms with Crippen molar-refractivity contribution in [3.63, 3.8) is 0 Å². The molecule has 5 nitrogen and oxygen atoms in total. The molecule has 0 saturated heterocycles. The maximum atomic E-state index is 11.0. The van der Waals surface area contributed by atoms with Gasteiger partial charge < -0.3 is 14.5 Å². The topological polar surface area (TPSA) is 68.4 Å². The van der Waals surface area contributed by atoms with Gasteiger partial charge in [-0.1, -0.05) is 0 Å². The van der Waals surface area contributed by atoms with E-state index >= 15 is 0 Å². The Morgan fingerprint density at radius 2 is 1.83 bits per heavy atom. The Kier molecular flexibility index (Phi) is 4.92. The van der Waals surface area contributed by atoms with Gasteiger partial charge in [-0.25, -0.2) is 0 Å². The number of aromatic amines is 1. The van der Waals surface area contributed by atoms with Gasteiger partial charge in [0, 0.05) is 23.9 Å². The van der Waals surface area contributed by atoms with Crippen LogP contribution in [0.1, 0.15) is 6.92 Å². The number of carbonyl (C=O) groups is 1. The van der Waals surface area contributed by atoms with E-state index < -0.39 is 0 Å². The number of hydrogen-bond acceptors (Lipinski definition) is 4. The molecule has 1 aromatic carbocycles. The Balaban J connectivity index is 0.000000280. The predicted octanol–water partition coefficient (Wildman–Crippen LogP) is 1.72. The SMILES string of the molecule is COC(C)=O.COc1ccc2[nH]c(=O)ccc2c1. The van der Waals surface area contributed by atoms with Crippen molar-refractivity contribution in [2.45, 2.75) is 6.92 Å². The van der Waals surface area contributed by atoms with E-state index in [0.717, 1.165) is 16.7 Å². The number of methoxy groups -OCH3 is 2. The summed E-state index contributed by atoms with van der Waals surface area (Å²) in [6, 6.07) is 8.80. The molecule has 0 radical (unpaired) electrons. The molecule has 96 valence electrons. The molecular weight excluding hydrogens is 234 g/mol. The van der Waals surface area contributed by atoms with Crippen LogP contribution in [0, 0.1) is 0 Å². The van der Waals surface area contributed by atoms with Crippen LogP contribution in [0.2, 0.25) is 0 Å². The quantitative estimate of drug-likeness (QED) is 0.781. The second-order valence-corrected chi connectivity index (χ2v) is 3.47. The number of H-pyrrole nitrogens is 1. The fraction of sp³-hybridized carbons (Fsp3) is 0.231. The molecule has 5 heteroatoms. The maximum Gasteiger partial charge on any atom is 0.302 e. The van der Waals surface area contributed by atoms with Crippen LogP contribution in [-0.2, 0) is 9.53 Å². The van der Waals surface area contributed by atoms with Crippen LogP contribution in [-0.4, -0.2) is 25.2 Å². The fourth-order valence-electron chi connectivity index (χ4n) is 1.26. The summed E-state index contributed by atoms with van der Waals surface area (Å²) >= 11 is 0. The molecule has 0 aliphatic heterocycles. The largest absolute Gasteiger partial charge is 0.497 e. The third-order valence-corrected chi connectivity index (χ3v) is 2.22. The summed E-state index contributed by atoms with van der Waals surface area (Å²) in [7, 11) is 2.97. The lowest BCUT2D eigenvalue weighted by atomic mass is 10.2. The Labute approximate surface area is 104 Å². The summed E-state index contributed by atoms with van der Waals surface area (Å²) in [5.74, 6) is 0.546. The number of nitrogens with one attached hydrogen (secondary N) is 1. The van der Waals surface area contributed by atoms with E-state index in [2.05, 4.69) is 9.72 Å². The van der Waals surface area contributed by atoms with Crippen molar-refractivity contribution in [2.24, 2.45) is 0 Å². The molecule has 0 aliphatic carbocycles. The lowest BCUT2D eigenvalue weighted by Gasteiger charge is -2.00. The Bertz CT molecular complexity index is 589. The molecule has 1 heterocycles. The van der Waals surface area contributed by atoms with E-state index in [1.54, 1.807) is 13.2 Å². The van der Waals surface area contributed by atoms with Crippen molar-refractivity contribution in [2.75, 3.05) is 14.2 Å². The Hall–Kier alpha value is -2.30. The average Bonchev–Trinajstić information content (AvgIpc) is 2.38. The van der Waals surface area contributed by atoms with Crippen LogP contribution < -0.4 is 10.3 Å². The number of fused-ring (bicyclic) bond motifs is 1. The minimum atomic E-state index is -0.245. The van der Waals surface area contributed by atoms with Crippen molar-refractivity contribution in [3.8, 4) is 5.75 Å². The summed E-state index contributed by atoms with van der Waals surface area (Å²) in [5, 5.41) is 0.971. The molecule has 1 N–H and O–H groups in total. The number of pyridine rings is 1. The molecule has 2 aromatic rings. The number of benzene rings is 1. The molecule has 2 rings (SSSR count). The summed E-state index contributed by atoms with van der Waals surface area (Å²) in [6.07, 6.45) is 0. The van der Waals surface area contributed by atoms with Crippen LogP contribution in [0.5, 0.6) is 5.75 Å². The third-order valence-electron chi connectivity index (χ3n) is 2.22. The fourth-order valence-corrected chi connectivity index (χ4v) is 1.26. The lowest BCUT2D eigenvalue weighted by molar-refractivity contribution is -0.137. The van der Waals surface area contributed by atoms with Gasteiger partial charge in [-0.3, -0.25) is 9.59 Å². The van der Waals surface area contributed by atoms with Gasteiger partial charge in [0.05, 0.1) is 14.2 Å². The zero-order valence-electron chi connectivity index (χ0n) is 10.5. The zero-order chi connectivity index (χ0) is 13.5. The van der Waals surface area contributed by atoms with Crippen molar-refractivity contribution in [1.29, 1.82) is 0 Å². The van der Waals surface area contributed by atoms with Gasteiger partial charge in [0.15, 0.2) is 0 Å². The van der Waals surface area contributed by atoms with E-state index in [-0.39, 0.29) is 11.5 Å². The Morgan fingerprint density at radius 3 is 2.39 bits per heavy atom. The zero-order valence-corrected chi connectivity index (χ0v) is 10.5. The molecule has 0 amide bonds. The predicted molar refractivity (Wildman–Crippen MR) is 68.8 cm³/mol. The van der Waals surface area contributed by atoms with E-state index in [4.69, 9.17) is 4.74 Å². The highest BCUT2D eigenvalue weighted by Gasteiger charge is 1.95. The molecule has 0 atom stereocenters. The van der Waals surface area contributed by atoms with Crippen LogP contribution in [0.4, 0.5) is 0 Å². The van der Waals surface area contributed by atoms with Crippen LogP contribution in [0.25, 0.3) is 10.9 Å². The van der Waals surface area contributed by atoms with Gasteiger partial charge in [0.2, 0.25) is 5.56 Å². The highest BCUT2D eigenvalue weighted by Crippen LogP contribution is 2.17. The molecule has 0 bridgehead atoms. The van der Waals surface area contributed by atoms with Crippen LogP contribution >= 0.6 is 0 Å². The van der Waals surface area contributed by atoms with Crippen molar-refractivity contribution < 1.29 is 14.3 Å². The molecule has 0 fully saturated rings. The van der Waals surface area contributed by atoms with E-state index in [9.17, 15) is 9.59 Å². The van der Waals surface area contributed by atoms with Crippen LogP contribution in [0.3, 0.4) is 0 Å². The third kappa shape index (κ3) is 3.93.